The number of nitrogens with zero attached hydrogens (tertiary/aromatic N) is 2. The first kappa shape index (κ1) is 19.9. The number of carbonyl (C=O) groups excluding carboxylic acids is 1. The molecule has 0 N–H and O–H groups in total. The molecule has 1 amide bonds. The predicted octanol–water partition coefficient (Wildman–Crippen LogP) is 4.52. The maximum absolute atomic E-state index is 13.2. The maximum atomic E-state index is 13.2. The number of hydrogen-bond donors (Lipinski definition) is 0. The predicted molar refractivity (Wildman–Crippen MR) is 105 cm³/mol. The monoisotopic (exact) mass is 412 g/mol. The Bertz CT molecular complexity index is 964. The third kappa shape index (κ3) is 4.30. The van der Waals surface area contributed by atoms with Crippen molar-refractivity contribution >= 4 is 5.91 Å². The SMILES string of the molecule is O=C(C(c1ccccc1)c1ccccc1)N1CC(Oc2cccc(C(F)(F)F)n2)C1. The molecule has 0 unspecified atom stereocenters. The summed E-state index contributed by atoms with van der Waals surface area (Å²) in [5, 5.41) is 0. The van der Waals surface area contributed by atoms with Crippen LogP contribution in [0.4, 0.5) is 13.2 Å². The van der Waals surface area contributed by atoms with E-state index in [4.69, 9.17) is 4.74 Å². The molecule has 3 aromatic rings. The number of rotatable bonds is 5. The average molecular weight is 412 g/mol. The van der Waals surface area contributed by atoms with Gasteiger partial charge in [0.2, 0.25) is 11.8 Å². The minimum atomic E-state index is -4.53. The van der Waals surface area contributed by atoms with Crippen LogP contribution in [-0.4, -0.2) is 35.0 Å². The Kier molecular flexibility index (Phi) is 5.44. The van der Waals surface area contributed by atoms with Crippen molar-refractivity contribution in [1.82, 2.24) is 9.88 Å². The van der Waals surface area contributed by atoms with Crippen LogP contribution in [0.1, 0.15) is 22.7 Å². The zero-order valence-electron chi connectivity index (χ0n) is 15.9. The number of ether oxygens (including phenoxy) is 1. The van der Waals surface area contributed by atoms with Gasteiger partial charge >= 0.3 is 6.18 Å². The van der Waals surface area contributed by atoms with Gasteiger partial charge in [0.25, 0.3) is 0 Å². The number of aromatic nitrogens is 1. The molecule has 30 heavy (non-hydrogen) atoms. The van der Waals surface area contributed by atoms with Crippen molar-refractivity contribution in [3.8, 4) is 5.88 Å². The molecule has 1 aliphatic rings. The molecule has 0 saturated carbocycles. The zero-order valence-corrected chi connectivity index (χ0v) is 15.9. The molecule has 0 spiro atoms. The second kappa shape index (κ2) is 8.18. The average Bonchev–Trinajstić information content (AvgIpc) is 2.72. The number of halogens is 3. The number of amides is 1. The Hall–Kier alpha value is -3.35. The zero-order chi connectivity index (χ0) is 21.1. The molecule has 1 fully saturated rings. The molecule has 1 aromatic heterocycles. The van der Waals surface area contributed by atoms with E-state index in [2.05, 4.69) is 4.98 Å². The van der Waals surface area contributed by atoms with Crippen LogP contribution in [0.2, 0.25) is 0 Å². The molecule has 0 radical (unpaired) electrons. The summed E-state index contributed by atoms with van der Waals surface area (Å²) in [5.41, 5.74) is 0.774. The van der Waals surface area contributed by atoms with Gasteiger partial charge in [-0.3, -0.25) is 4.79 Å². The molecule has 1 aliphatic heterocycles. The Morgan fingerprint density at radius 2 is 1.47 bits per heavy atom. The lowest BCUT2D eigenvalue weighted by Gasteiger charge is -2.40. The first-order valence-corrected chi connectivity index (χ1v) is 9.51. The summed E-state index contributed by atoms with van der Waals surface area (Å²) in [7, 11) is 0. The van der Waals surface area contributed by atoms with Gasteiger partial charge in [0.1, 0.15) is 11.8 Å². The highest BCUT2D eigenvalue weighted by Crippen LogP contribution is 2.31. The van der Waals surface area contributed by atoms with Crippen LogP contribution < -0.4 is 4.74 Å². The molecule has 7 heteroatoms. The lowest BCUT2D eigenvalue weighted by Crippen LogP contribution is -2.57. The van der Waals surface area contributed by atoms with Crippen molar-refractivity contribution in [2.24, 2.45) is 0 Å². The molecule has 2 heterocycles. The van der Waals surface area contributed by atoms with Crippen LogP contribution in [0, 0.1) is 0 Å². The van der Waals surface area contributed by atoms with Crippen LogP contribution in [0.5, 0.6) is 5.88 Å². The van der Waals surface area contributed by atoms with Crippen LogP contribution in [0.15, 0.2) is 78.9 Å². The van der Waals surface area contributed by atoms with Crippen molar-refractivity contribution in [2.75, 3.05) is 13.1 Å². The molecular weight excluding hydrogens is 393 g/mol. The van der Waals surface area contributed by atoms with Gasteiger partial charge in [0, 0.05) is 6.07 Å². The Morgan fingerprint density at radius 1 is 0.900 bits per heavy atom. The highest BCUT2D eigenvalue weighted by Gasteiger charge is 2.38. The number of likely N-dealkylation sites (tertiary alicyclic amines) is 1. The van der Waals surface area contributed by atoms with E-state index >= 15 is 0 Å². The lowest BCUT2D eigenvalue weighted by atomic mass is 9.89. The second-order valence-corrected chi connectivity index (χ2v) is 7.10. The number of carbonyl (C=O) groups is 1. The van der Waals surface area contributed by atoms with Crippen LogP contribution >= 0.6 is 0 Å². The van der Waals surface area contributed by atoms with E-state index in [0.717, 1.165) is 17.2 Å². The molecule has 0 bridgehead atoms. The highest BCUT2D eigenvalue weighted by molar-refractivity contribution is 5.88. The van der Waals surface area contributed by atoms with Crippen LogP contribution in [0.25, 0.3) is 0 Å². The summed E-state index contributed by atoms with van der Waals surface area (Å²) in [6.07, 6.45) is -4.92. The molecular formula is C23H19F3N2O2. The van der Waals surface area contributed by atoms with Crippen molar-refractivity contribution in [2.45, 2.75) is 18.2 Å². The van der Waals surface area contributed by atoms with Gasteiger partial charge in [0.05, 0.1) is 19.0 Å². The smallest absolute Gasteiger partial charge is 0.433 e. The van der Waals surface area contributed by atoms with Crippen molar-refractivity contribution in [3.05, 3.63) is 95.7 Å². The fourth-order valence-electron chi connectivity index (χ4n) is 3.45. The van der Waals surface area contributed by atoms with Gasteiger partial charge in [-0.25, -0.2) is 4.98 Å². The largest absolute Gasteiger partial charge is 0.471 e. The first-order chi connectivity index (χ1) is 14.4. The Morgan fingerprint density at radius 3 is 2.00 bits per heavy atom. The summed E-state index contributed by atoms with van der Waals surface area (Å²) >= 11 is 0. The fraction of sp³-hybridized carbons (Fsp3) is 0.217. The first-order valence-electron chi connectivity index (χ1n) is 9.51. The molecule has 154 valence electrons. The molecule has 1 saturated heterocycles. The van der Waals surface area contributed by atoms with E-state index in [9.17, 15) is 18.0 Å². The second-order valence-electron chi connectivity index (χ2n) is 7.10. The Labute approximate surface area is 171 Å². The van der Waals surface area contributed by atoms with Gasteiger partial charge in [-0.05, 0) is 17.2 Å². The van der Waals surface area contributed by atoms with E-state index in [1.54, 1.807) is 4.90 Å². The summed E-state index contributed by atoms with van der Waals surface area (Å²) in [6, 6.07) is 22.5. The van der Waals surface area contributed by atoms with Crippen LogP contribution in [0.3, 0.4) is 0 Å². The van der Waals surface area contributed by atoms with E-state index in [0.29, 0.717) is 13.1 Å². The summed E-state index contributed by atoms with van der Waals surface area (Å²) in [6.45, 7) is 0.597. The van der Waals surface area contributed by atoms with Crippen molar-refractivity contribution < 1.29 is 22.7 Å². The van der Waals surface area contributed by atoms with Gasteiger partial charge < -0.3 is 9.64 Å². The van der Waals surface area contributed by atoms with E-state index < -0.39 is 23.9 Å². The summed E-state index contributed by atoms with van der Waals surface area (Å²) < 4.78 is 44.0. The molecule has 4 nitrogen and oxygen atoms in total. The molecule has 0 atom stereocenters. The maximum Gasteiger partial charge on any atom is 0.433 e. The minimum absolute atomic E-state index is 0.0655. The van der Waals surface area contributed by atoms with E-state index in [1.165, 1.54) is 12.1 Å². The molecule has 4 rings (SSSR count). The van der Waals surface area contributed by atoms with E-state index in [-0.39, 0.29) is 11.8 Å². The third-order valence-corrected chi connectivity index (χ3v) is 4.97. The molecule has 0 aliphatic carbocycles. The number of hydrogen-bond acceptors (Lipinski definition) is 3. The minimum Gasteiger partial charge on any atom is -0.471 e. The van der Waals surface area contributed by atoms with Gasteiger partial charge in [-0.1, -0.05) is 66.7 Å². The lowest BCUT2D eigenvalue weighted by molar-refractivity contribution is -0.142. The fourth-order valence-corrected chi connectivity index (χ4v) is 3.45. The topological polar surface area (TPSA) is 42.4 Å². The normalized spacial score (nSPS) is 14.5. The summed E-state index contributed by atoms with van der Waals surface area (Å²) in [5.74, 6) is -0.603. The van der Waals surface area contributed by atoms with Gasteiger partial charge in [-0.15, -0.1) is 0 Å². The van der Waals surface area contributed by atoms with Gasteiger partial charge in [0.15, 0.2) is 0 Å². The quantitative estimate of drug-likeness (QED) is 0.619. The highest BCUT2D eigenvalue weighted by atomic mass is 19.4. The summed E-state index contributed by atoms with van der Waals surface area (Å²) in [4.78, 5) is 18.4. The van der Waals surface area contributed by atoms with E-state index in [1.807, 2.05) is 60.7 Å². The third-order valence-electron chi connectivity index (χ3n) is 4.97. The molecule has 2 aromatic carbocycles. The standard InChI is InChI=1S/C23H19F3N2O2/c24-23(25,26)19-12-7-13-20(27-19)30-18-14-28(15-18)22(29)21(16-8-3-1-4-9-16)17-10-5-2-6-11-17/h1-13,18,21H,14-15H2. The Balaban J connectivity index is 1.45. The van der Waals surface area contributed by atoms with Crippen molar-refractivity contribution in [1.29, 1.82) is 0 Å². The van der Waals surface area contributed by atoms with Gasteiger partial charge in [-0.2, -0.15) is 13.2 Å². The number of benzene rings is 2. The van der Waals surface area contributed by atoms with Crippen LogP contribution in [-0.2, 0) is 11.0 Å². The van der Waals surface area contributed by atoms with Crippen molar-refractivity contribution in [3.63, 3.8) is 0 Å². The number of alkyl halides is 3. The number of pyridine rings is 1.